The summed E-state index contributed by atoms with van der Waals surface area (Å²) in [6, 6.07) is 0. The number of epoxide rings is 1. The fourth-order valence-electron chi connectivity index (χ4n) is 5.09. The average molecular weight is 826 g/mol. The van der Waals surface area contributed by atoms with Crippen LogP contribution in [0.4, 0.5) is 0 Å². The number of hydrogen-bond donors (Lipinski definition) is 2. The Bertz CT molecular complexity index is 1420. The molecule has 3 unspecified atom stereocenters. The summed E-state index contributed by atoms with van der Waals surface area (Å²) >= 11 is 0. The molecule has 10 nitrogen and oxygen atoms in total. The normalized spacial score (nSPS) is 18.0. The van der Waals surface area contributed by atoms with Gasteiger partial charge in [-0.15, -0.1) is 0 Å². The van der Waals surface area contributed by atoms with Crippen LogP contribution in [-0.4, -0.2) is 61.5 Å². The first-order valence-corrected chi connectivity index (χ1v) is 22.6. The van der Waals surface area contributed by atoms with Gasteiger partial charge in [-0.05, 0) is 89.9 Å². The van der Waals surface area contributed by atoms with Crippen molar-refractivity contribution in [2.24, 2.45) is 5.73 Å². The second-order valence-electron chi connectivity index (χ2n) is 13.5. The van der Waals surface area contributed by atoms with Crippen LogP contribution in [-0.2, 0) is 37.4 Å². The van der Waals surface area contributed by atoms with E-state index in [9.17, 15) is 19.0 Å². The molecular weight excluding hydrogens is 753 g/mol. The molecule has 324 valence electrons. The molecule has 58 heavy (non-hydrogen) atoms. The fourth-order valence-corrected chi connectivity index (χ4v) is 5.85. The third kappa shape index (κ3) is 34.4. The van der Waals surface area contributed by atoms with E-state index < -0.39 is 32.5 Å². The number of carbonyl (C=O) groups is 2. The number of ether oxygens (including phenoxy) is 3. The number of rotatable bonds is 36. The van der Waals surface area contributed by atoms with Crippen LogP contribution in [0.15, 0.2) is 122 Å². The molecule has 0 radical (unpaired) electrons. The van der Waals surface area contributed by atoms with Crippen molar-refractivity contribution in [3.8, 4) is 0 Å². The van der Waals surface area contributed by atoms with Gasteiger partial charge in [-0.25, -0.2) is 4.57 Å². The molecule has 1 heterocycles. The summed E-state index contributed by atoms with van der Waals surface area (Å²) in [5.41, 5.74) is 5.34. The topological polar surface area (TPSA) is 147 Å². The zero-order valence-corrected chi connectivity index (χ0v) is 36.1. The van der Waals surface area contributed by atoms with Gasteiger partial charge in [0.2, 0.25) is 0 Å². The molecule has 0 aromatic heterocycles. The zero-order chi connectivity index (χ0) is 42.2. The number of unbranched alkanes of at least 4 members (excludes halogenated alkanes) is 1. The largest absolute Gasteiger partial charge is 0.472 e. The van der Waals surface area contributed by atoms with E-state index in [1.165, 1.54) is 0 Å². The van der Waals surface area contributed by atoms with E-state index in [0.29, 0.717) is 31.5 Å². The Labute approximate surface area is 349 Å². The Morgan fingerprint density at radius 3 is 1.57 bits per heavy atom. The average Bonchev–Trinajstić information content (AvgIpc) is 3.97. The van der Waals surface area contributed by atoms with Gasteiger partial charge in [-0.1, -0.05) is 135 Å². The molecule has 0 aromatic carbocycles. The molecule has 1 rings (SSSR count). The predicted octanol–water partition coefficient (Wildman–Crippen LogP) is 11.1. The monoisotopic (exact) mass is 825 g/mol. The van der Waals surface area contributed by atoms with Crippen molar-refractivity contribution >= 4 is 19.8 Å². The number of hydrogen-bond acceptors (Lipinski definition) is 9. The molecular formula is C47H72NO9P. The smallest absolute Gasteiger partial charge is 0.462 e. The molecule has 0 bridgehead atoms. The van der Waals surface area contributed by atoms with Crippen molar-refractivity contribution in [1.82, 2.24) is 0 Å². The minimum Gasteiger partial charge on any atom is -0.462 e. The Morgan fingerprint density at radius 1 is 0.603 bits per heavy atom. The molecule has 1 saturated heterocycles. The van der Waals surface area contributed by atoms with E-state index >= 15 is 0 Å². The first-order chi connectivity index (χ1) is 28.3. The number of phosphoric acid groups is 1. The summed E-state index contributed by atoms with van der Waals surface area (Å²) in [5, 5.41) is 0. The van der Waals surface area contributed by atoms with Crippen molar-refractivity contribution in [2.75, 3.05) is 26.4 Å². The van der Waals surface area contributed by atoms with E-state index in [2.05, 4.69) is 117 Å². The van der Waals surface area contributed by atoms with Crippen LogP contribution in [0.1, 0.15) is 117 Å². The maximum atomic E-state index is 12.6. The lowest BCUT2D eigenvalue weighted by atomic mass is 10.1. The molecule has 0 aliphatic carbocycles. The lowest BCUT2D eigenvalue weighted by Gasteiger charge is -2.19. The molecule has 1 aliphatic heterocycles. The fraction of sp³-hybridized carbons (Fsp3) is 0.532. The quantitative estimate of drug-likeness (QED) is 0.0206. The maximum Gasteiger partial charge on any atom is 0.472 e. The van der Waals surface area contributed by atoms with Crippen molar-refractivity contribution in [3.63, 3.8) is 0 Å². The molecule has 0 spiro atoms. The number of carbonyl (C=O) groups excluding carboxylic acids is 2. The van der Waals surface area contributed by atoms with Crippen molar-refractivity contribution in [3.05, 3.63) is 122 Å². The van der Waals surface area contributed by atoms with E-state index in [0.717, 1.165) is 70.6 Å². The van der Waals surface area contributed by atoms with E-state index in [-0.39, 0.29) is 32.6 Å². The number of phosphoric ester groups is 1. The van der Waals surface area contributed by atoms with Crippen LogP contribution in [0.2, 0.25) is 0 Å². The standard InChI is InChI=1S/C47H72NO9P/c1-3-5-7-8-9-10-11-12-13-14-15-16-20-23-26-29-33-37-46(49)53-41-43(42-55-58(51,52)54-40-39-48)56-47(50)38-34-30-27-24-21-18-17-19-22-25-28-32-36-45-44(57-45)35-31-6-4-2/h5-7,9-10,12-13,15-16,18-19,21-23,26-28,30-32,43-45H,3-4,8,11,14,17,20,24-25,29,33-42,48H2,1-2H3,(H,51,52)/b7-5-,10-9-,13-12-,16-15-,21-18-,22-19-,26-23-,30-27-,31-6-,32-28-/t43-,44?,45?/m1/s1. The van der Waals surface area contributed by atoms with Crippen LogP contribution in [0.25, 0.3) is 0 Å². The Kier molecular flexibility index (Phi) is 34.0. The second kappa shape index (κ2) is 37.6. The van der Waals surface area contributed by atoms with E-state index in [1.807, 2.05) is 18.2 Å². The minimum atomic E-state index is -4.42. The number of nitrogens with two attached hydrogens (primary N) is 1. The van der Waals surface area contributed by atoms with Crippen molar-refractivity contribution in [1.29, 1.82) is 0 Å². The first-order valence-electron chi connectivity index (χ1n) is 21.1. The lowest BCUT2D eigenvalue weighted by Crippen LogP contribution is -2.29. The highest BCUT2D eigenvalue weighted by atomic mass is 31.2. The highest BCUT2D eigenvalue weighted by molar-refractivity contribution is 7.47. The summed E-state index contributed by atoms with van der Waals surface area (Å²) in [4.78, 5) is 34.8. The van der Waals surface area contributed by atoms with Gasteiger partial charge in [0.05, 0.1) is 25.4 Å². The third-order valence-corrected chi connectivity index (χ3v) is 9.24. The van der Waals surface area contributed by atoms with Gasteiger partial charge in [0, 0.05) is 19.4 Å². The SMILES string of the molecule is CC/C=C\C/C=C\C/C=C\C/C=C\C/C=C\CCCC(=O)OC[C@H](COP(=O)(O)OCCN)OC(=O)CC/C=C\C/C=C\C/C=C\C/C=C\CC1OC1C/C=C\CC. The minimum absolute atomic E-state index is 0.0250. The van der Waals surface area contributed by atoms with Gasteiger partial charge in [0.15, 0.2) is 6.10 Å². The Hall–Kier alpha value is -3.63. The van der Waals surface area contributed by atoms with Crippen LogP contribution >= 0.6 is 7.82 Å². The van der Waals surface area contributed by atoms with Gasteiger partial charge in [0.25, 0.3) is 0 Å². The van der Waals surface area contributed by atoms with Gasteiger partial charge >= 0.3 is 19.8 Å². The summed E-state index contributed by atoms with van der Waals surface area (Å²) in [5.74, 6) is -1.02. The van der Waals surface area contributed by atoms with Gasteiger partial charge < -0.3 is 24.8 Å². The first kappa shape index (κ1) is 52.4. The van der Waals surface area contributed by atoms with Crippen LogP contribution in [0, 0.1) is 0 Å². The molecule has 0 amide bonds. The van der Waals surface area contributed by atoms with Crippen LogP contribution in [0.3, 0.4) is 0 Å². The Balaban J connectivity index is 2.29. The highest BCUT2D eigenvalue weighted by Crippen LogP contribution is 2.43. The number of esters is 2. The highest BCUT2D eigenvalue weighted by Gasteiger charge is 2.36. The second-order valence-corrected chi connectivity index (χ2v) is 14.9. The molecule has 0 aromatic rings. The van der Waals surface area contributed by atoms with Crippen molar-refractivity contribution in [2.45, 2.75) is 135 Å². The van der Waals surface area contributed by atoms with Gasteiger partial charge in [-0.3, -0.25) is 18.6 Å². The van der Waals surface area contributed by atoms with Crippen LogP contribution in [0.5, 0.6) is 0 Å². The predicted molar refractivity (Wildman–Crippen MR) is 237 cm³/mol. The summed E-state index contributed by atoms with van der Waals surface area (Å²) in [6.07, 6.45) is 54.3. The lowest BCUT2D eigenvalue weighted by molar-refractivity contribution is -0.161. The molecule has 3 N–H and O–H groups in total. The maximum absolute atomic E-state index is 12.6. The molecule has 1 aliphatic rings. The zero-order valence-electron chi connectivity index (χ0n) is 35.2. The Morgan fingerprint density at radius 2 is 1.05 bits per heavy atom. The third-order valence-electron chi connectivity index (χ3n) is 8.26. The van der Waals surface area contributed by atoms with E-state index in [4.69, 9.17) is 29.0 Å². The molecule has 11 heteroatoms. The summed E-state index contributed by atoms with van der Waals surface area (Å²) < 4.78 is 38.3. The molecule has 4 atom stereocenters. The molecule has 1 fully saturated rings. The molecule has 0 saturated carbocycles. The van der Waals surface area contributed by atoms with E-state index in [1.54, 1.807) is 0 Å². The summed E-state index contributed by atoms with van der Waals surface area (Å²) in [7, 11) is -4.42. The summed E-state index contributed by atoms with van der Waals surface area (Å²) in [6.45, 7) is 3.30. The number of allylic oxidation sites excluding steroid dienone is 18. The van der Waals surface area contributed by atoms with Crippen molar-refractivity contribution < 1.29 is 42.3 Å². The van der Waals surface area contributed by atoms with Gasteiger partial charge in [0.1, 0.15) is 6.61 Å². The van der Waals surface area contributed by atoms with Crippen LogP contribution < -0.4 is 5.73 Å². The van der Waals surface area contributed by atoms with Gasteiger partial charge in [-0.2, -0.15) is 0 Å².